The van der Waals surface area contributed by atoms with Crippen molar-refractivity contribution in [3.05, 3.63) is 48.4 Å². The van der Waals surface area contributed by atoms with Crippen LogP contribution in [0.3, 0.4) is 0 Å². The summed E-state index contributed by atoms with van der Waals surface area (Å²) in [6.07, 6.45) is 4.33. The fraction of sp³-hybridized carbons (Fsp3) is 0.300. The first-order valence-corrected chi connectivity index (χ1v) is 11.3. The maximum Gasteiger partial charge on any atom is 0.250 e. The molecule has 3 aromatic rings. The SMILES string of the molecule is CC(C)(C)[Si](C)(C)Oc1ccc(-c2c(C=O)[nH]c3cnccc23)cc1. The van der Waals surface area contributed by atoms with Gasteiger partial charge in [0.2, 0.25) is 8.32 Å². The van der Waals surface area contributed by atoms with E-state index in [0.29, 0.717) is 5.69 Å². The Morgan fingerprint density at radius 1 is 1.12 bits per heavy atom. The van der Waals surface area contributed by atoms with Gasteiger partial charge in [0.05, 0.1) is 17.4 Å². The van der Waals surface area contributed by atoms with Crippen molar-refractivity contribution >= 4 is 25.5 Å². The molecule has 0 amide bonds. The monoisotopic (exact) mass is 352 g/mol. The fourth-order valence-corrected chi connectivity index (χ4v) is 3.63. The molecule has 0 aliphatic rings. The first kappa shape index (κ1) is 17.4. The van der Waals surface area contributed by atoms with E-state index in [0.717, 1.165) is 34.1 Å². The summed E-state index contributed by atoms with van der Waals surface area (Å²) in [5.41, 5.74) is 3.33. The number of benzene rings is 1. The molecule has 0 fully saturated rings. The molecule has 5 heteroatoms. The first-order valence-electron chi connectivity index (χ1n) is 8.43. The number of hydrogen-bond acceptors (Lipinski definition) is 3. The third-order valence-electron chi connectivity index (χ3n) is 5.07. The highest BCUT2D eigenvalue weighted by molar-refractivity contribution is 6.74. The molecule has 0 aliphatic carbocycles. The number of H-pyrrole nitrogens is 1. The second kappa shape index (κ2) is 6.15. The van der Waals surface area contributed by atoms with Gasteiger partial charge in [-0.1, -0.05) is 32.9 Å². The van der Waals surface area contributed by atoms with Crippen LogP contribution in [0.25, 0.3) is 22.0 Å². The number of hydrogen-bond donors (Lipinski definition) is 1. The molecule has 130 valence electrons. The Kier molecular flexibility index (Phi) is 4.29. The fourth-order valence-electron chi connectivity index (χ4n) is 2.60. The number of aldehydes is 1. The average Bonchev–Trinajstić information content (AvgIpc) is 2.93. The van der Waals surface area contributed by atoms with Crippen LogP contribution in [0.2, 0.25) is 18.1 Å². The Hall–Kier alpha value is -2.40. The third kappa shape index (κ3) is 3.24. The van der Waals surface area contributed by atoms with Crippen molar-refractivity contribution in [1.82, 2.24) is 9.97 Å². The van der Waals surface area contributed by atoms with E-state index in [2.05, 4.69) is 43.8 Å². The first-order chi connectivity index (χ1) is 11.7. The second-order valence-electron chi connectivity index (χ2n) is 7.84. The van der Waals surface area contributed by atoms with E-state index in [1.54, 1.807) is 12.4 Å². The minimum absolute atomic E-state index is 0.153. The Balaban J connectivity index is 1.98. The zero-order valence-electron chi connectivity index (χ0n) is 15.4. The molecule has 4 nitrogen and oxygen atoms in total. The molecule has 1 N–H and O–H groups in total. The zero-order chi connectivity index (χ0) is 18.2. The molecule has 1 aromatic carbocycles. The number of fused-ring (bicyclic) bond motifs is 1. The van der Waals surface area contributed by atoms with Crippen LogP contribution in [0.4, 0.5) is 0 Å². The molecule has 0 radical (unpaired) electrons. The lowest BCUT2D eigenvalue weighted by molar-refractivity contribution is 0.112. The van der Waals surface area contributed by atoms with Crippen LogP contribution in [-0.2, 0) is 0 Å². The number of nitrogens with zero attached hydrogens (tertiary/aromatic N) is 1. The summed E-state index contributed by atoms with van der Waals surface area (Å²) in [4.78, 5) is 18.7. The van der Waals surface area contributed by atoms with Gasteiger partial charge in [-0.2, -0.15) is 0 Å². The quantitative estimate of drug-likeness (QED) is 0.503. The van der Waals surface area contributed by atoms with Crippen LogP contribution in [0.5, 0.6) is 5.75 Å². The maximum atomic E-state index is 11.5. The predicted molar refractivity (Wildman–Crippen MR) is 105 cm³/mol. The maximum absolute atomic E-state index is 11.5. The van der Waals surface area contributed by atoms with Crippen LogP contribution >= 0.6 is 0 Å². The van der Waals surface area contributed by atoms with E-state index in [1.807, 2.05) is 30.3 Å². The minimum Gasteiger partial charge on any atom is -0.544 e. The number of carbonyl (C=O) groups is 1. The highest BCUT2D eigenvalue weighted by Crippen LogP contribution is 2.38. The van der Waals surface area contributed by atoms with Gasteiger partial charge < -0.3 is 9.41 Å². The van der Waals surface area contributed by atoms with Gasteiger partial charge in [0.25, 0.3) is 0 Å². The molecule has 3 rings (SSSR count). The van der Waals surface area contributed by atoms with Crippen molar-refractivity contribution < 1.29 is 9.22 Å². The zero-order valence-corrected chi connectivity index (χ0v) is 16.4. The molecular formula is C20H24N2O2Si. The normalized spacial score (nSPS) is 12.4. The van der Waals surface area contributed by atoms with E-state index in [9.17, 15) is 4.79 Å². The summed E-state index contributed by atoms with van der Waals surface area (Å²) in [6, 6.07) is 9.93. The molecule has 0 bridgehead atoms. The number of aromatic nitrogens is 2. The molecular weight excluding hydrogens is 328 g/mol. The van der Waals surface area contributed by atoms with Gasteiger partial charge >= 0.3 is 0 Å². The number of rotatable bonds is 4. The van der Waals surface area contributed by atoms with Gasteiger partial charge in [-0.3, -0.25) is 9.78 Å². The lowest BCUT2D eigenvalue weighted by atomic mass is 10.0. The van der Waals surface area contributed by atoms with Crippen molar-refractivity contribution in [1.29, 1.82) is 0 Å². The van der Waals surface area contributed by atoms with Crippen molar-refractivity contribution in [3.63, 3.8) is 0 Å². The van der Waals surface area contributed by atoms with E-state index < -0.39 is 8.32 Å². The summed E-state index contributed by atoms with van der Waals surface area (Å²) >= 11 is 0. The highest BCUT2D eigenvalue weighted by atomic mass is 28.4. The van der Waals surface area contributed by atoms with Gasteiger partial charge in [0.15, 0.2) is 6.29 Å². The Bertz CT molecular complexity index is 906. The van der Waals surface area contributed by atoms with Gasteiger partial charge in [0, 0.05) is 17.1 Å². The second-order valence-corrected chi connectivity index (χ2v) is 12.6. The molecule has 2 heterocycles. The molecule has 0 unspecified atom stereocenters. The van der Waals surface area contributed by atoms with E-state index >= 15 is 0 Å². The molecule has 2 aromatic heterocycles. The summed E-state index contributed by atoms with van der Waals surface area (Å²) in [5, 5.41) is 1.15. The van der Waals surface area contributed by atoms with Gasteiger partial charge in [-0.15, -0.1) is 0 Å². The number of nitrogens with one attached hydrogen (secondary N) is 1. The standard InChI is InChI=1S/C20H24N2O2Si/c1-20(2,3)25(4,5)24-15-8-6-14(7-9-15)19-16-10-11-21-12-17(16)22-18(19)13-23/h6-13,22H,1-5H3. The van der Waals surface area contributed by atoms with Crippen LogP contribution < -0.4 is 4.43 Å². The Labute approximate surface area is 149 Å². The summed E-state index contributed by atoms with van der Waals surface area (Å²) in [7, 11) is -1.86. The highest BCUT2D eigenvalue weighted by Gasteiger charge is 2.38. The largest absolute Gasteiger partial charge is 0.544 e. The molecule has 0 saturated carbocycles. The number of aromatic amines is 1. The van der Waals surface area contributed by atoms with E-state index in [1.165, 1.54) is 0 Å². The smallest absolute Gasteiger partial charge is 0.250 e. The lowest BCUT2D eigenvalue weighted by Gasteiger charge is -2.36. The van der Waals surface area contributed by atoms with E-state index in [-0.39, 0.29) is 5.04 Å². The van der Waals surface area contributed by atoms with Crippen LogP contribution in [-0.4, -0.2) is 24.6 Å². The third-order valence-corrected chi connectivity index (χ3v) is 9.43. The van der Waals surface area contributed by atoms with Crippen LogP contribution in [0.15, 0.2) is 42.7 Å². The summed E-state index contributed by atoms with van der Waals surface area (Å²) in [6.45, 7) is 11.1. The van der Waals surface area contributed by atoms with Crippen molar-refractivity contribution in [2.75, 3.05) is 0 Å². The van der Waals surface area contributed by atoms with Gasteiger partial charge in [0.1, 0.15) is 5.75 Å². The summed E-state index contributed by atoms with van der Waals surface area (Å²) in [5.74, 6) is 0.879. The average molecular weight is 353 g/mol. The van der Waals surface area contributed by atoms with Crippen LogP contribution in [0, 0.1) is 0 Å². The lowest BCUT2D eigenvalue weighted by Crippen LogP contribution is -2.43. The topological polar surface area (TPSA) is 55.0 Å². The Morgan fingerprint density at radius 3 is 2.40 bits per heavy atom. The molecule has 0 aliphatic heterocycles. The number of carbonyl (C=O) groups excluding carboxylic acids is 1. The number of pyridine rings is 1. The molecule has 0 saturated heterocycles. The molecule has 0 atom stereocenters. The van der Waals surface area contributed by atoms with Crippen molar-refractivity contribution in [2.24, 2.45) is 0 Å². The van der Waals surface area contributed by atoms with Gasteiger partial charge in [-0.05, 0) is 41.9 Å². The van der Waals surface area contributed by atoms with Crippen LogP contribution in [0.1, 0.15) is 31.3 Å². The molecule has 25 heavy (non-hydrogen) atoms. The predicted octanol–water partition coefficient (Wildman–Crippen LogP) is 5.43. The summed E-state index contributed by atoms with van der Waals surface area (Å²) < 4.78 is 6.33. The van der Waals surface area contributed by atoms with Gasteiger partial charge in [-0.25, -0.2) is 0 Å². The minimum atomic E-state index is -1.86. The Morgan fingerprint density at radius 2 is 1.80 bits per heavy atom. The molecule has 0 spiro atoms. The van der Waals surface area contributed by atoms with Crippen molar-refractivity contribution in [2.45, 2.75) is 38.9 Å². The van der Waals surface area contributed by atoms with Crippen molar-refractivity contribution in [3.8, 4) is 16.9 Å². The van der Waals surface area contributed by atoms with E-state index in [4.69, 9.17) is 4.43 Å².